The summed E-state index contributed by atoms with van der Waals surface area (Å²) in [4.78, 5) is 0. The van der Waals surface area contributed by atoms with Crippen LogP contribution in [-0.2, 0) is 15.9 Å². The molecule has 0 fully saturated rings. The van der Waals surface area contributed by atoms with Crippen LogP contribution in [0.2, 0.25) is 4.68 Å². The summed E-state index contributed by atoms with van der Waals surface area (Å²) in [6.07, 6.45) is 7.77. The van der Waals surface area contributed by atoms with Gasteiger partial charge in [-0.2, -0.15) is 0 Å². The molecule has 0 aromatic carbocycles. The summed E-state index contributed by atoms with van der Waals surface area (Å²) in [6, 6.07) is 0. The molecule has 0 aliphatic heterocycles. The van der Waals surface area contributed by atoms with Crippen molar-refractivity contribution in [3.8, 4) is 0 Å². The van der Waals surface area contributed by atoms with Gasteiger partial charge < -0.3 is 0 Å². The topological polar surface area (TPSA) is 0 Å². The Morgan fingerprint density at radius 3 is 2.10 bits per heavy atom. The molecule has 0 N–H and O–H groups in total. The number of rotatable bonds is 2. The minimum atomic E-state index is -3.51. The second-order valence-corrected chi connectivity index (χ2v) is 50.2. The summed E-state index contributed by atoms with van der Waals surface area (Å²) in [5, 5.41) is 0. The van der Waals surface area contributed by atoms with E-state index in [2.05, 4.69) is 57.5 Å². The van der Waals surface area contributed by atoms with E-state index in [0.29, 0.717) is 5.92 Å². The van der Waals surface area contributed by atoms with E-state index < -0.39 is 15.9 Å². The fraction of sp³-hybridized carbons (Fsp3) is 0.467. The molecule has 0 aromatic rings. The Morgan fingerprint density at radius 1 is 1.20 bits per heavy atom. The van der Waals surface area contributed by atoms with E-state index in [4.69, 9.17) is 8.58 Å². The van der Waals surface area contributed by atoms with E-state index in [1.165, 1.54) is 20.0 Å². The molecule has 20 heavy (non-hydrogen) atoms. The first-order valence-electron chi connectivity index (χ1n) is 6.66. The summed E-state index contributed by atoms with van der Waals surface area (Å²) >= 11 is -3.51. The fourth-order valence-electron chi connectivity index (χ4n) is 3.51. The minimum Gasteiger partial charge on any atom is -0.147 e. The SMILES string of the molecule is CC1=C(C)C(C)[C]([Hf]([CH3])(=[SiH2])([Cl])[C]2=CC=CC2)=C1C.Cl.Cl. The van der Waals surface area contributed by atoms with Crippen molar-refractivity contribution >= 4 is 40.3 Å². The van der Waals surface area contributed by atoms with Crippen LogP contribution in [0.15, 0.2) is 41.6 Å². The van der Waals surface area contributed by atoms with Gasteiger partial charge in [0.2, 0.25) is 0 Å². The van der Waals surface area contributed by atoms with Crippen LogP contribution in [0.4, 0.5) is 0 Å². The van der Waals surface area contributed by atoms with Gasteiger partial charge in [-0.3, -0.25) is 0 Å². The van der Waals surface area contributed by atoms with E-state index in [1.54, 1.807) is 3.33 Å². The van der Waals surface area contributed by atoms with E-state index in [9.17, 15) is 0 Å². The zero-order chi connectivity index (χ0) is 13.7. The Hall–Kier alpha value is 0.917. The van der Waals surface area contributed by atoms with Gasteiger partial charge in [0.25, 0.3) is 0 Å². The number of hydrogen-bond acceptors (Lipinski definition) is 0. The van der Waals surface area contributed by atoms with Crippen LogP contribution in [-0.4, -0.2) is 6.94 Å². The van der Waals surface area contributed by atoms with E-state index in [1.807, 2.05) is 0 Å². The Balaban J connectivity index is 0.00000180. The first-order valence-corrected chi connectivity index (χ1v) is 26.6. The molecule has 0 saturated carbocycles. The number of allylic oxidation sites excluding steroid dienone is 8. The van der Waals surface area contributed by atoms with Crippen LogP contribution in [0.25, 0.3) is 0 Å². The van der Waals surface area contributed by atoms with Crippen LogP contribution in [0.3, 0.4) is 0 Å². The van der Waals surface area contributed by atoms with Crippen molar-refractivity contribution in [2.45, 2.75) is 38.8 Å². The van der Waals surface area contributed by atoms with Gasteiger partial charge >= 0.3 is 118 Å². The second-order valence-electron chi connectivity index (χ2n) is 6.24. The van der Waals surface area contributed by atoms with Crippen LogP contribution < -0.4 is 0 Å². The first kappa shape index (κ1) is 20.9. The molecule has 2 aliphatic carbocycles. The van der Waals surface area contributed by atoms with Gasteiger partial charge in [-0.15, -0.1) is 24.8 Å². The average Bonchev–Trinajstić information content (AvgIpc) is 2.85. The molecule has 0 spiro atoms. The Morgan fingerprint density at radius 2 is 1.75 bits per heavy atom. The van der Waals surface area contributed by atoms with Gasteiger partial charge in [0.05, 0.1) is 0 Å². The fourth-order valence-corrected chi connectivity index (χ4v) is 28.4. The quantitative estimate of drug-likeness (QED) is 0.432. The number of hydrogen-bond donors (Lipinski definition) is 0. The molecule has 1 unspecified atom stereocenters. The summed E-state index contributed by atoms with van der Waals surface area (Å²) in [5.41, 5.74) is 4.48. The molecule has 2 aliphatic rings. The molecular weight excluding hydrogens is 493 g/mol. The zero-order valence-corrected chi connectivity index (χ0v) is 20.3. The molecule has 0 bridgehead atoms. The summed E-state index contributed by atoms with van der Waals surface area (Å²) in [6.45, 7) is 11.3. The third kappa shape index (κ3) is 3.15. The summed E-state index contributed by atoms with van der Waals surface area (Å²) in [5.74, 6) is 0.543. The van der Waals surface area contributed by atoms with Gasteiger partial charge in [-0.25, -0.2) is 0 Å². The van der Waals surface area contributed by atoms with Crippen LogP contribution >= 0.6 is 33.4 Å². The van der Waals surface area contributed by atoms with Crippen molar-refractivity contribution < 1.29 is 15.9 Å². The molecule has 0 nitrogen and oxygen atoms in total. The second kappa shape index (κ2) is 6.58. The molecular formula is C15H25Cl3HfSi. The zero-order valence-electron chi connectivity index (χ0n) is 12.9. The predicted octanol–water partition coefficient (Wildman–Crippen LogP) is 5.37. The molecule has 1 atom stereocenters. The van der Waals surface area contributed by atoms with Crippen molar-refractivity contribution in [2.24, 2.45) is 5.92 Å². The smallest absolute Gasteiger partial charge is 0.147 e. The van der Waals surface area contributed by atoms with Crippen molar-refractivity contribution in [1.29, 1.82) is 0 Å². The number of halogens is 3. The summed E-state index contributed by atoms with van der Waals surface area (Å²) in [7, 11) is 7.36. The standard InChI is InChI=1S/C9H13.C5H5.CH3.3ClH.Hf.H2Si/c1-6-5-7(2)9(4)8(6)3;1-2-4-5-3-1;;;;;;/h6H,1-4H3;1-3H,4H2;1H3;3*1H;;1H2/q;;;;;;+1;/p-1. The maximum atomic E-state index is 7.36. The molecule has 5 heteroatoms. The van der Waals surface area contributed by atoms with Crippen molar-refractivity contribution in [2.75, 3.05) is 0 Å². The third-order valence-corrected chi connectivity index (χ3v) is 30.6. The van der Waals surface area contributed by atoms with Gasteiger partial charge in [0, 0.05) is 0 Å². The van der Waals surface area contributed by atoms with Crippen molar-refractivity contribution in [3.63, 3.8) is 0 Å². The summed E-state index contributed by atoms with van der Waals surface area (Å²) < 4.78 is 5.55. The van der Waals surface area contributed by atoms with Crippen molar-refractivity contribution in [1.82, 2.24) is 0 Å². The van der Waals surface area contributed by atoms with Crippen molar-refractivity contribution in [3.05, 3.63) is 41.6 Å². The molecule has 0 saturated heterocycles. The Bertz CT molecular complexity index is 603. The molecule has 0 radical (unpaired) electrons. The predicted molar refractivity (Wildman–Crippen MR) is 96.8 cm³/mol. The molecule has 0 heterocycles. The molecule has 114 valence electrons. The van der Waals surface area contributed by atoms with Gasteiger partial charge in [0.1, 0.15) is 0 Å². The van der Waals surface area contributed by atoms with E-state index in [-0.39, 0.29) is 24.8 Å². The molecule has 2 rings (SSSR count). The van der Waals surface area contributed by atoms with Crippen LogP contribution in [0, 0.1) is 5.92 Å². The maximum absolute atomic E-state index is 7.36. The Labute approximate surface area is 141 Å². The maximum Gasteiger partial charge on any atom is -0.147 e. The average molecular weight is 518 g/mol. The third-order valence-electron chi connectivity index (χ3n) is 4.94. The van der Waals surface area contributed by atoms with E-state index >= 15 is 0 Å². The van der Waals surface area contributed by atoms with Crippen LogP contribution in [0.1, 0.15) is 34.1 Å². The normalized spacial score (nSPS) is 22.8. The first-order chi connectivity index (χ1) is 8.15. The largest absolute Gasteiger partial charge is 0.147 e. The molecule has 0 amide bonds. The van der Waals surface area contributed by atoms with Gasteiger partial charge in [-0.05, 0) is 0 Å². The van der Waals surface area contributed by atoms with Crippen LogP contribution in [0.5, 0.6) is 0 Å². The van der Waals surface area contributed by atoms with Gasteiger partial charge in [0.15, 0.2) is 0 Å². The van der Waals surface area contributed by atoms with E-state index in [0.717, 1.165) is 6.42 Å². The monoisotopic (exact) mass is 518 g/mol. The minimum absolute atomic E-state index is 0. The molecule has 0 aromatic heterocycles. The van der Waals surface area contributed by atoms with Gasteiger partial charge in [-0.1, -0.05) is 0 Å². The Kier molecular flexibility index (Phi) is 6.88.